The van der Waals surface area contributed by atoms with Gasteiger partial charge in [0.15, 0.2) is 0 Å². The fourth-order valence-corrected chi connectivity index (χ4v) is 3.07. The first-order chi connectivity index (χ1) is 12.2. The number of aryl methyl sites for hydroxylation is 2. The monoisotopic (exact) mass is 393 g/mol. The highest BCUT2D eigenvalue weighted by Gasteiger charge is 2.22. The van der Waals surface area contributed by atoms with Gasteiger partial charge in [-0.1, -0.05) is 58.6 Å². The van der Waals surface area contributed by atoms with E-state index in [1.165, 1.54) is 6.92 Å². The molecular formula is C20H21Cl2NO3. The van der Waals surface area contributed by atoms with Gasteiger partial charge in [0, 0.05) is 13.3 Å². The summed E-state index contributed by atoms with van der Waals surface area (Å²) in [6, 6.07) is 10.3. The Morgan fingerprint density at radius 3 is 2.23 bits per heavy atom. The molecule has 4 nitrogen and oxygen atoms in total. The van der Waals surface area contributed by atoms with Crippen LogP contribution in [0.2, 0.25) is 10.0 Å². The first-order valence-corrected chi connectivity index (χ1v) is 8.95. The summed E-state index contributed by atoms with van der Waals surface area (Å²) in [4.78, 5) is 23.9. The minimum absolute atomic E-state index is 0.152. The zero-order valence-electron chi connectivity index (χ0n) is 14.9. The van der Waals surface area contributed by atoms with E-state index in [9.17, 15) is 9.59 Å². The Kier molecular flexibility index (Phi) is 7.06. The minimum atomic E-state index is -0.796. The van der Waals surface area contributed by atoms with Gasteiger partial charge in [-0.15, -0.1) is 0 Å². The summed E-state index contributed by atoms with van der Waals surface area (Å²) < 4.78 is 5.41. The number of carbonyl (C=O) groups excluding carboxylic acids is 2. The van der Waals surface area contributed by atoms with Gasteiger partial charge in [-0.2, -0.15) is 0 Å². The van der Waals surface area contributed by atoms with Gasteiger partial charge < -0.3 is 10.1 Å². The molecular weight excluding hydrogens is 373 g/mol. The van der Waals surface area contributed by atoms with Crippen molar-refractivity contribution in [2.75, 3.05) is 0 Å². The van der Waals surface area contributed by atoms with Gasteiger partial charge in [0.05, 0.1) is 10.0 Å². The van der Waals surface area contributed by atoms with E-state index in [0.717, 1.165) is 22.3 Å². The number of hydrogen-bond donors (Lipinski definition) is 1. The molecule has 6 heteroatoms. The average Bonchev–Trinajstić information content (AvgIpc) is 2.54. The second-order valence-corrected chi connectivity index (χ2v) is 7.12. The Hall–Kier alpha value is -2.04. The molecule has 0 heterocycles. The maximum absolute atomic E-state index is 12.5. The number of hydrogen-bond acceptors (Lipinski definition) is 3. The van der Waals surface area contributed by atoms with Crippen LogP contribution in [0.5, 0.6) is 0 Å². The summed E-state index contributed by atoms with van der Waals surface area (Å²) in [6.45, 7) is 5.49. The zero-order chi connectivity index (χ0) is 19.3. The van der Waals surface area contributed by atoms with Crippen molar-refractivity contribution >= 4 is 35.1 Å². The third kappa shape index (κ3) is 6.04. The molecule has 1 atom stereocenters. The molecule has 0 saturated heterocycles. The lowest BCUT2D eigenvalue weighted by Gasteiger charge is -2.17. The quantitative estimate of drug-likeness (QED) is 0.739. The molecule has 0 aliphatic carbocycles. The van der Waals surface area contributed by atoms with E-state index in [2.05, 4.69) is 11.4 Å². The SMILES string of the molecule is CC(=O)N[C@H](Cc1ccc(Cl)c(Cl)c1)C(=O)OCc1cc(C)cc(C)c1. The van der Waals surface area contributed by atoms with Gasteiger partial charge in [0.25, 0.3) is 0 Å². The fraction of sp³-hybridized carbons (Fsp3) is 0.300. The zero-order valence-corrected chi connectivity index (χ0v) is 16.4. The van der Waals surface area contributed by atoms with Gasteiger partial charge in [-0.25, -0.2) is 4.79 Å². The first kappa shape index (κ1) is 20.3. The third-order valence-corrected chi connectivity index (χ3v) is 4.49. The van der Waals surface area contributed by atoms with Crippen LogP contribution in [0, 0.1) is 13.8 Å². The molecule has 0 aliphatic rings. The van der Waals surface area contributed by atoms with Crippen molar-refractivity contribution in [1.29, 1.82) is 0 Å². The number of amides is 1. The number of halogens is 2. The molecule has 0 spiro atoms. The van der Waals surface area contributed by atoms with Crippen molar-refractivity contribution in [3.8, 4) is 0 Å². The smallest absolute Gasteiger partial charge is 0.329 e. The largest absolute Gasteiger partial charge is 0.459 e. The lowest BCUT2D eigenvalue weighted by Crippen LogP contribution is -2.42. The van der Waals surface area contributed by atoms with Crippen LogP contribution in [0.25, 0.3) is 0 Å². The van der Waals surface area contributed by atoms with Crippen molar-refractivity contribution in [3.63, 3.8) is 0 Å². The number of carbonyl (C=O) groups is 2. The summed E-state index contributed by atoms with van der Waals surface area (Å²) in [6.07, 6.45) is 0.266. The van der Waals surface area contributed by atoms with E-state index in [-0.39, 0.29) is 18.9 Å². The first-order valence-electron chi connectivity index (χ1n) is 8.19. The van der Waals surface area contributed by atoms with Crippen molar-refractivity contribution in [2.45, 2.75) is 39.8 Å². The molecule has 0 unspecified atom stereocenters. The predicted molar refractivity (Wildman–Crippen MR) is 103 cm³/mol. The van der Waals surface area contributed by atoms with Gasteiger partial charge >= 0.3 is 5.97 Å². The van der Waals surface area contributed by atoms with Gasteiger partial charge in [-0.05, 0) is 37.1 Å². The highest BCUT2D eigenvalue weighted by atomic mass is 35.5. The molecule has 0 radical (unpaired) electrons. The molecule has 0 aliphatic heterocycles. The number of ether oxygens (including phenoxy) is 1. The molecule has 0 fully saturated rings. The van der Waals surface area contributed by atoms with Crippen LogP contribution >= 0.6 is 23.2 Å². The van der Waals surface area contributed by atoms with E-state index in [0.29, 0.717) is 10.0 Å². The predicted octanol–water partition coefficient (Wildman–Crippen LogP) is 4.40. The second kappa shape index (κ2) is 9.06. The summed E-state index contributed by atoms with van der Waals surface area (Å²) in [7, 11) is 0. The van der Waals surface area contributed by atoms with E-state index in [1.54, 1.807) is 18.2 Å². The van der Waals surface area contributed by atoms with E-state index >= 15 is 0 Å². The normalized spacial score (nSPS) is 11.7. The molecule has 0 bridgehead atoms. The van der Waals surface area contributed by atoms with Crippen LogP contribution < -0.4 is 5.32 Å². The Labute approximate surface area is 163 Å². The Morgan fingerprint density at radius 1 is 1.00 bits per heavy atom. The van der Waals surface area contributed by atoms with Crippen molar-refractivity contribution in [3.05, 3.63) is 68.7 Å². The number of benzene rings is 2. The molecule has 26 heavy (non-hydrogen) atoms. The molecule has 2 aromatic carbocycles. The summed E-state index contributed by atoms with van der Waals surface area (Å²) in [5.41, 5.74) is 3.89. The maximum Gasteiger partial charge on any atom is 0.329 e. The lowest BCUT2D eigenvalue weighted by molar-refractivity contribution is -0.149. The van der Waals surface area contributed by atoms with Gasteiger partial charge in [0.1, 0.15) is 12.6 Å². The van der Waals surface area contributed by atoms with Crippen LogP contribution in [0.4, 0.5) is 0 Å². The molecule has 1 N–H and O–H groups in total. The van der Waals surface area contributed by atoms with Crippen LogP contribution in [0.3, 0.4) is 0 Å². The van der Waals surface area contributed by atoms with Gasteiger partial charge in [0.2, 0.25) is 5.91 Å². The molecule has 138 valence electrons. The Balaban J connectivity index is 2.08. The van der Waals surface area contributed by atoms with Gasteiger partial charge in [-0.3, -0.25) is 4.79 Å². The number of esters is 1. The van der Waals surface area contributed by atoms with E-state index in [4.69, 9.17) is 27.9 Å². The van der Waals surface area contributed by atoms with Crippen molar-refractivity contribution in [1.82, 2.24) is 5.32 Å². The molecule has 0 saturated carbocycles. The molecule has 2 rings (SSSR count). The lowest BCUT2D eigenvalue weighted by atomic mass is 10.1. The highest BCUT2D eigenvalue weighted by molar-refractivity contribution is 6.42. The fourth-order valence-electron chi connectivity index (χ4n) is 2.75. The highest BCUT2D eigenvalue weighted by Crippen LogP contribution is 2.23. The Morgan fingerprint density at radius 2 is 1.65 bits per heavy atom. The third-order valence-electron chi connectivity index (χ3n) is 3.75. The Bertz CT molecular complexity index is 800. The van der Waals surface area contributed by atoms with E-state index in [1.807, 2.05) is 26.0 Å². The summed E-state index contributed by atoms with van der Waals surface area (Å²) in [5.74, 6) is -0.802. The topological polar surface area (TPSA) is 55.4 Å². The van der Waals surface area contributed by atoms with Crippen LogP contribution in [-0.2, 0) is 27.4 Å². The minimum Gasteiger partial charge on any atom is -0.459 e. The number of rotatable bonds is 6. The maximum atomic E-state index is 12.5. The standard InChI is InChI=1S/C20H21Cl2NO3/c1-12-6-13(2)8-16(7-12)11-26-20(25)19(23-14(3)24)10-15-4-5-17(21)18(22)9-15/h4-9,19H,10-11H2,1-3H3,(H,23,24)/t19-/m1/s1. The average molecular weight is 394 g/mol. The van der Waals surface area contributed by atoms with Crippen LogP contribution in [0.1, 0.15) is 29.2 Å². The summed E-state index contributed by atoms with van der Waals surface area (Å²) >= 11 is 11.9. The van der Waals surface area contributed by atoms with Crippen LogP contribution in [-0.4, -0.2) is 17.9 Å². The number of nitrogens with one attached hydrogen (secondary N) is 1. The van der Waals surface area contributed by atoms with Crippen molar-refractivity contribution < 1.29 is 14.3 Å². The second-order valence-electron chi connectivity index (χ2n) is 6.31. The molecule has 1 amide bonds. The van der Waals surface area contributed by atoms with Crippen molar-refractivity contribution in [2.24, 2.45) is 0 Å². The van der Waals surface area contributed by atoms with E-state index < -0.39 is 12.0 Å². The molecule has 2 aromatic rings. The summed E-state index contributed by atoms with van der Waals surface area (Å²) in [5, 5.41) is 3.46. The van der Waals surface area contributed by atoms with Crippen LogP contribution in [0.15, 0.2) is 36.4 Å². The molecule has 0 aromatic heterocycles.